The molecule has 0 amide bonds. The first-order chi connectivity index (χ1) is 27.3. The molecule has 2 heterocycles. The first-order valence-electron chi connectivity index (χ1n) is 18.4. The summed E-state index contributed by atoms with van der Waals surface area (Å²) in [5.74, 6) is 2.54. The van der Waals surface area contributed by atoms with Crippen molar-refractivity contribution in [2.45, 2.75) is 0 Å². The predicted octanol–water partition coefficient (Wildman–Crippen LogP) is 13.0. The van der Waals surface area contributed by atoms with Crippen LogP contribution in [0.5, 0.6) is 0 Å². The fraction of sp³-hybridized carbons (Fsp3) is 0. The lowest BCUT2D eigenvalue weighted by atomic mass is 9.89. The Morgan fingerprint density at radius 2 is 0.800 bits per heavy atom. The molecular formula is C50H30N4O. The third-order valence-corrected chi connectivity index (χ3v) is 10.6. The van der Waals surface area contributed by atoms with Crippen LogP contribution in [0.25, 0.3) is 111 Å². The number of rotatable bonds is 5. The van der Waals surface area contributed by atoms with Gasteiger partial charge in [0.25, 0.3) is 0 Å². The molecule has 2 aromatic heterocycles. The van der Waals surface area contributed by atoms with Crippen LogP contribution in [0.1, 0.15) is 0 Å². The molecular weight excluding hydrogens is 673 g/mol. The van der Waals surface area contributed by atoms with Crippen molar-refractivity contribution >= 4 is 54.2 Å². The van der Waals surface area contributed by atoms with Crippen molar-refractivity contribution in [3.05, 3.63) is 182 Å². The van der Waals surface area contributed by atoms with Gasteiger partial charge in [-0.05, 0) is 73.1 Å². The van der Waals surface area contributed by atoms with Crippen LogP contribution in [0.2, 0.25) is 0 Å². The van der Waals surface area contributed by atoms with Gasteiger partial charge in [0.05, 0.1) is 0 Å². The maximum absolute atomic E-state index is 6.35. The molecule has 0 saturated heterocycles. The Bertz CT molecular complexity index is 3190. The Balaban J connectivity index is 1.12. The summed E-state index contributed by atoms with van der Waals surface area (Å²) in [4.78, 5) is 20.2. The quantitative estimate of drug-likeness (QED) is 0.167. The average Bonchev–Trinajstić information content (AvgIpc) is 3.71. The van der Waals surface area contributed by atoms with Crippen LogP contribution in [0.15, 0.2) is 186 Å². The van der Waals surface area contributed by atoms with Crippen LogP contribution in [0, 0.1) is 0 Å². The van der Waals surface area contributed by atoms with Crippen LogP contribution in [0.3, 0.4) is 0 Å². The van der Waals surface area contributed by atoms with Crippen LogP contribution >= 0.6 is 0 Å². The van der Waals surface area contributed by atoms with E-state index in [0.717, 1.165) is 71.4 Å². The highest BCUT2D eigenvalue weighted by Crippen LogP contribution is 2.42. The molecule has 9 aromatic carbocycles. The Morgan fingerprint density at radius 1 is 0.309 bits per heavy atom. The van der Waals surface area contributed by atoms with Crippen molar-refractivity contribution in [3.8, 4) is 56.7 Å². The summed E-state index contributed by atoms with van der Waals surface area (Å²) in [5.41, 5.74) is 7.74. The molecule has 0 atom stereocenters. The van der Waals surface area contributed by atoms with Crippen molar-refractivity contribution in [2.24, 2.45) is 0 Å². The van der Waals surface area contributed by atoms with E-state index in [2.05, 4.69) is 84.9 Å². The Kier molecular flexibility index (Phi) is 7.10. The lowest BCUT2D eigenvalue weighted by Gasteiger charge is -2.15. The minimum Gasteiger partial charge on any atom is -0.436 e. The van der Waals surface area contributed by atoms with Gasteiger partial charge in [-0.25, -0.2) is 19.9 Å². The topological polar surface area (TPSA) is 64.7 Å². The van der Waals surface area contributed by atoms with Gasteiger partial charge in [0.2, 0.25) is 5.89 Å². The summed E-state index contributed by atoms with van der Waals surface area (Å²) in [6, 6.07) is 62.9. The molecule has 0 spiro atoms. The number of aromatic nitrogens is 4. The van der Waals surface area contributed by atoms with Gasteiger partial charge in [-0.2, -0.15) is 0 Å². The number of hydrogen-bond acceptors (Lipinski definition) is 5. The number of hydrogen-bond donors (Lipinski definition) is 0. The summed E-state index contributed by atoms with van der Waals surface area (Å²) < 4.78 is 6.35. The molecule has 5 nitrogen and oxygen atoms in total. The van der Waals surface area contributed by atoms with Gasteiger partial charge in [-0.15, -0.1) is 0 Å². The lowest BCUT2D eigenvalue weighted by Crippen LogP contribution is -2.00. The summed E-state index contributed by atoms with van der Waals surface area (Å²) in [6.07, 6.45) is 0. The first-order valence-corrected chi connectivity index (χ1v) is 18.4. The van der Waals surface area contributed by atoms with Gasteiger partial charge in [0.15, 0.2) is 23.1 Å². The standard InChI is InChI=1S/C50H30N4O/c1-4-13-33(14-5-1)47-52-48(34-15-6-2-7-16-34)54-49(53-47)42-29-28-39(36-19-10-11-20-38(36)42)37-21-12-22-41-40(37)27-25-31-23-24-32-26-30-43-46(45(32)44(31)41)51-50(55-43)35-17-8-3-9-18-35/h1-30H. The van der Waals surface area contributed by atoms with E-state index in [-0.39, 0.29) is 0 Å². The molecule has 0 saturated carbocycles. The Morgan fingerprint density at radius 3 is 1.49 bits per heavy atom. The minimum absolute atomic E-state index is 0.623. The van der Waals surface area contributed by atoms with E-state index in [4.69, 9.17) is 24.4 Å². The molecule has 256 valence electrons. The second-order valence-corrected chi connectivity index (χ2v) is 13.8. The smallest absolute Gasteiger partial charge is 0.227 e. The number of benzene rings is 9. The molecule has 11 rings (SSSR count). The number of nitrogens with zero attached hydrogens (tertiary/aromatic N) is 4. The highest BCUT2D eigenvalue weighted by molar-refractivity contribution is 6.28. The maximum atomic E-state index is 6.35. The molecule has 0 aliphatic carbocycles. The molecule has 0 bridgehead atoms. The highest BCUT2D eigenvalue weighted by atomic mass is 16.3. The second-order valence-electron chi connectivity index (χ2n) is 13.8. The van der Waals surface area contributed by atoms with Crippen molar-refractivity contribution < 1.29 is 4.42 Å². The fourth-order valence-corrected chi connectivity index (χ4v) is 7.98. The SMILES string of the molecule is c1ccc(-c2nc(-c3ccccc3)nc(-c3ccc(-c4cccc5c4ccc4ccc6ccc7oc(-c8ccccc8)nc7c6c45)c4ccccc34)n2)cc1. The van der Waals surface area contributed by atoms with Gasteiger partial charge in [0, 0.05) is 27.6 Å². The molecule has 0 aliphatic rings. The Hall–Kier alpha value is -7.50. The molecule has 11 aromatic rings. The van der Waals surface area contributed by atoms with Crippen LogP contribution in [-0.4, -0.2) is 19.9 Å². The van der Waals surface area contributed by atoms with Gasteiger partial charge >= 0.3 is 0 Å². The van der Waals surface area contributed by atoms with E-state index in [9.17, 15) is 0 Å². The van der Waals surface area contributed by atoms with Gasteiger partial charge in [-0.1, -0.05) is 158 Å². The van der Waals surface area contributed by atoms with Gasteiger partial charge < -0.3 is 4.42 Å². The summed E-state index contributed by atoms with van der Waals surface area (Å²) >= 11 is 0. The van der Waals surface area contributed by atoms with Crippen LogP contribution in [-0.2, 0) is 0 Å². The molecule has 0 radical (unpaired) electrons. The molecule has 0 fully saturated rings. The normalized spacial score (nSPS) is 11.6. The van der Waals surface area contributed by atoms with E-state index in [0.29, 0.717) is 23.4 Å². The van der Waals surface area contributed by atoms with Crippen molar-refractivity contribution in [1.82, 2.24) is 19.9 Å². The number of oxazole rings is 1. The summed E-state index contributed by atoms with van der Waals surface area (Å²) in [6.45, 7) is 0. The van der Waals surface area contributed by atoms with Crippen molar-refractivity contribution in [1.29, 1.82) is 0 Å². The van der Waals surface area contributed by atoms with Crippen LogP contribution in [0.4, 0.5) is 0 Å². The van der Waals surface area contributed by atoms with Gasteiger partial charge in [0.1, 0.15) is 5.52 Å². The van der Waals surface area contributed by atoms with E-state index >= 15 is 0 Å². The lowest BCUT2D eigenvalue weighted by molar-refractivity contribution is 0.620. The molecule has 0 N–H and O–H groups in total. The fourth-order valence-electron chi connectivity index (χ4n) is 7.98. The van der Waals surface area contributed by atoms with Crippen LogP contribution < -0.4 is 0 Å². The molecule has 0 aliphatic heterocycles. The van der Waals surface area contributed by atoms with E-state index in [1.54, 1.807) is 0 Å². The summed E-state index contributed by atoms with van der Waals surface area (Å²) in [5, 5.41) is 9.09. The molecule has 5 heteroatoms. The van der Waals surface area contributed by atoms with Crippen molar-refractivity contribution in [2.75, 3.05) is 0 Å². The van der Waals surface area contributed by atoms with Gasteiger partial charge in [-0.3, -0.25) is 0 Å². The third-order valence-electron chi connectivity index (χ3n) is 10.6. The summed E-state index contributed by atoms with van der Waals surface area (Å²) in [7, 11) is 0. The van der Waals surface area contributed by atoms with E-state index < -0.39 is 0 Å². The molecule has 0 unspecified atom stereocenters. The van der Waals surface area contributed by atoms with Crippen molar-refractivity contribution in [3.63, 3.8) is 0 Å². The first kappa shape index (κ1) is 31.1. The third kappa shape index (κ3) is 5.17. The largest absolute Gasteiger partial charge is 0.436 e. The average molecular weight is 703 g/mol. The number of fused-ring (bicyclic) bond motifs is 8. The monoisotopic (exact) mass is 702 g/mol. The zero-order chi connectivity index (χ0) is 36.3. The second kappa shape index (κ2) is 12.6. The van der Waals surface area contributed by atoms with E-state index in [1.165, 1.54) is 16.2 Å². The predicted molar refractivity (Wildman–Crippen MR) is 225 cm³/mol. The Labute approximate surface area is 316 Å². The zero-order valence-corrected chi connectivity index (χ0v) is 29.5. The zero-order valence-electron chi connectivity index (χ0n) is 29.5. The maximum Gasteiger partial charge on any atom is 0.227 e. The van der Waals surface area contributed by atoms with E-state index in [1.807, 2.05) is 97.1 Å². The molecule has 55 heavy (non-hydrogen) atoms. The minimum atomic E-state index is 0.623. The highest BCUT2D eigenvalue weighted by Gasteiger charge is 2.19.